The van der Waals surface area contributed by atoms with E-state index >= 15 is 0 Å². The van der Waals surface area contributed by atoms with Crippen LogP contribution in [0.4, 0.5) is 0 Å². The van der Waals surface area contributed by atoms with Crippen LogP contribution >= 0.6 is 11.3 Å². The van der Waals surface area contributed by atoms with Crippen molar-refractivity contribution in [3.8, 4) is 56.4 Å². The number of rotatable bonds is 5. The van der Waals surface area contributed by atoms with Crippen molar-refractivity contribution in [1.29, 1.82) is 0 Å². The van der Waals surface area contributed by atoms with Crippen LogP contribution in [0.5, 0.6) is 0 Å². The molecule has 0 amide bonds. The topological polar surface area (TPSA) is 51.8 Å². The Labute approximate surface area is 307 Å². The monoisotopic (exact) mass is 668 g/mol. The normalized spacial score (nSPS) is 14.7. The van der Waals surface area contributed by atoms with E-state index in [1.165, 1.54) is 0 Å². The smallest absolute Gasteiger partial charge is 0.164 e. The van der Waals surface area contributed by atoms with E-state index in [0.717, 1.165) is 33.2 Å². The van der Waals surface area contributed by atoms with Crippen LogP contribution in [0.25, 0.3) is 98.5 Å². The third-order valence-electron chi connectivity index (χ3n) is 8.57. The Morgan fingerprint density at radius 2 is 1.10 bits per heavy atom. The number of para-hydroxylation sites is 1. The molecule has 10 rings (SSSR count). The zero-order chi connectivity index (χ0) is 42.6. The first kappa shape index (κ1) is 19.5. The Morgan fingerprint density at radius 3 is 1.94 bits per heavy atom. The van der Waals surface area contributed by atoms with Crippen LogP contribution in [0.15, 0.2) is 168 Å². The summed E-state index contributed by atoms with van der Waals surface area (Å²) in [5.41, 5.74) is 3.60. The van der Waals surface area contributed by atoms with Gasteiger partial charge in [-0.3, -0.25) is 0 Å². The van der Waals surface area contributed by atoms with E-state index < -0.39 is 54.4 Å². The van der Waals surface area contributed by atoms with Crippen LogP contribution in [-0.4, -0.2) is 15.0 Å². The number of hydrogen-bond acceptors (Lipinski definition) is 5. The Balaban J connectivity index is 1.30. The summed E-state index contributed by atoms with van der Waals surface area (Å²) < 4.78 is 104. The highest BCUT2D eigenvalue weighted by atomic mass is 32.1. The van der Waals surface area contributed by atoms with Gasteiger partial charge in [0.15, 0.2) is 17.5 Å². The van der Waals surface area contributed by atoms with Gasteiger partial charge in [0.1, 0.15) is 11.2 Å². The van der Waals surface area contributed by atoms with Crippen molar-refractivity contribution in [3.05, 3.63) is 164 Å². The fraction of sp³-hybridized carbons (Fsp3) is 0. The number of furan rings is 1. The molecule has 0 aliphatic heterocycles. The lowest BCUT2D eigenvalue weighted by Crippen LogP contribution is -2.00. The quantitative estimate of drug-likeness (QED) is 0.183. The molecule has 0 radical (unpaired) electrons. The van der Waals surface area contributed by atoms with Crippen LogP contribution in [0.2, 0.25) is 0 Å². The van der Waals surface area contributed by atoms with E-state index in [1.807, 2.05) is 91.0 Å². The summed E-state index contributed by atoms with van der Waals surface area (Å²) >= 11 is 0.887. The minimum Gasteiger partial charge on any atom is -0.456 e. The molecular weight excluding hydrogens is 631 g/mol. The first-order chi connectivity index (χ1) is 29.3. The minimum absolute atomic E-state index is 0.00868. The second kappa shape index (κ2) is 11.6. The lowest BCUT2D eigenvalue weighted by molar-refractivity contribution is 0.669. The molecule has 3 heterocycles. The summed E-state index contributed by atoms with van der Waals surface area (Å²) in [6, 6.07) is 24.7. The second-order valence-electron chi connectivity index (χ2n) is 11.6. The molecular formula is C45H27N3OS. The van der Waals surface area contributed by atoms with Gasteiger partial charge in [0.05, 0.1) is 15.1 Å². The van der Waals surface area contributed by atoms with Crippen LogP contribution in [0.1, 0.15) is 15.1 Å². The summed E-state index contributed by atoms with van der Waals surface area (Å²) in [5.74, 6) is 0.247. The van der Waals surface area contributed by atoms with Gasteiger partial charge >= 0.3 is 0 Å². The molecule has 5 heteroatoms. The summed E-state index contributed by atoms with van der Waals surface area (Å²) in [6.45, 7) is 0. The number of nitrogens with zero attached hydrogens (tertiary/aromatic N) is 3. The predicted molar refractivity (Wildman–Crippen MR) is 207 cm³/mol. The number of hydrogen-bond donors (Lipinski definition) is 0. The van der Waals surface area contributed by atoms with Gasteiger partial charge in [0, 0.05) is 47.6 Å². The molecule has 0 unspecified atom stereocenters. The fourth-order valence-corrected chi connectivity index (χ4v) is 7.23. The van der Waals surface area contributed by atoms with Crippen molar-refractivity contribution in [1.82, 2.24) is 15.0 Å². The van der Waals surface area contributed by atoms with Crippen LogP contribution in [-0.2, 0) is 0 Å². The maximum Gasteiger partial charge on any atom is 0.164 e. The lowest BCUT2D eigenvalue weighted by atomic mass is 9.97. The first-order valence-corrected chi connectivity index (χ1v) is 16.5. The third kappa shape index (κ3) is 4.87. The summed E-state index contributed by atoms with van der Waals surface area (Å²) in [7, 11) is 0. The van der Waals surface area contributed by atoms with Crippen molar-refractivity contribution in [2.24, 2.45) is 0 Å². The second-order valence-corrected chi connectivity index (χ2v) is 12.6. The SMILES string of the molecule is [2H]c1c([2H])c([2H])c(-c2c([2H])c(-c3nc(-c4ccc(-c5ccccc5)cc4)nc(-c4ccc5c(c4)oc4ccccc45)n3)c([2H])c3sc4c([2H])c([2H])c([2H])c([2H])c4c23)c([2H])c1[2H]. The maximum atomic E-state index is 9.85. The molecule has 50 heavy (non-hydrogen) atoms. The van der Waals surface area contributed by atoms with Gasteiger partial charge < -0.3 is 4.42 Å². The Bertz CT molecular complexity index is 3470. The average Bonchev–Trinajstić information content (AvgIpc) is 3.87. The van der Waals surface area contributed by atoms with Crippen molar-refractivity contribution in [2.45, 2.75) is 0 Å². The van der Waals surface area contributed by atoms with Crippen LogP contribution in [0.3, 0.4) is 0 Å². The predicted octanol–water partition coefficient (Wildman–Crippen LogP) is 12.5. The summed E-state index contributed by atoms with van der Waals surface area (Å²) in [4.78, 5) is 14.6. The van der Waals surface area contributed by atoms with Crippen molar-refractivity contribution in [3.63, 3.8) is 0 Å². The highest BCUT2D eigenvalue weighted by molar-refractivity contribution is 7.26. The van der Waals surface area contributed by atoms with Crippen molar-refractivity contribution in [2.75, 3.05) is 0 Å². The van der Waals surface area contributed by atoms with E-state index in [1.54, 1.807) is 6.07 Å². The third-order valence-corrected chi connectivity index (χ3v) is 9.59. The van der Waals surface area contributed by atoms with E-state index in [2.05, 4.69) is 0 Å². The average molecular weight is 669 g/mol. The molecule has 0 spiro atoms. The number of benzene rings is 7. The highest BCUT2D eigenvalue weighted by Crippen LogP contribution is 2.43. The number of aromatic nitrogens is 3. The molecule has 10 aromatic rings. The Kier molecular flexibility index (Phi) is 4.54. The maximum absolute atomic E-state index is 9.85. The summed E-state index contributed by atoms with van der Waals surface area (Å²) in [5, 5.41) is 1.76. The molecule has 0 N–H and O–H groups in total. The molecule has 7 aromatic carbocycles. The molecule has 234 valence electrons. The van der Waals surface area contributed by atoms with E-state index in [0.29, 0.717) is 22.3 Å². The fourth-order valence-electron chi connectivity index (χ4n) is 6.21. The molecule has 0 fully saturated rings. The van der Waals surface area contributed by atoms with Gasteiger partial charge in [-0.1, -0.05) is 127 Å². The van der Waals surface area contributed by atoms with Crippen LogP contribution < -0.4 is 0 Å². The van der Waals surface area contributed by atoms with E-state index in [4.69, 9.17) is 31.7 Å². The van der Waals surface area contributed by atoms with E-state index in [-0.39, 0.29) is 66.4 Å². The van der Waals surface area contributed by atoms with Crippen LogP contribution in [0, 0.1) is 0 Å². The highest BCUT2D eigenvalue weighted by Gasteiger charge is 2.18. The number of thiophene rings is 1. The Morgan fingerprint density at radius 1 is 0.460 bits per heavy atom. The van der Waals surface area contributed by atoms with Gasteiger partial charge in [0.25, 0.3) is 0 Å². The van der Waals surface area contributed by atoms with Gasteiger partial charge in [0.2, 0.25) is 0 Å². The molecule has 0 aliphatic carbocycles. The van der Waals surface area contributed by atoms with Gasteiger partial charge in [-0.05, 0) is 58.6 Å². The standard InChI is InChI=1S/C45H27N3OS/c1-3-11-28(12-4-1)29-19-21-31(22-20-29)43-46-44(32-23-24-35-34-15-7-9-17-38(34)49-39(35)26-32)48-45(47-43)33-25-37(30-13-5-2-6-14-30)42-36-16-8-10-18-40(36)50-41(42)27-33/h1-27H/i2D,5D,6D,8D,10D,13D,14D,16D,18D,25D,27D. The Hall–Kier alpha value is -6.43. The molecule has 4 nitrogen and oxygen atoms in total. The lowest BCUT2D eigenvalue weighted by Gasteiger charge is -2.11. The molecule has 0 saturated carbocycles. The number of fused-ring (bicyclic) bond motifs is 6. The zero-order valence-corrected chi connectivity index (χ0v) is 26.7. The molecule has 0 saturated heterocycles. The van der Waals surface area contributed by atoms with E-state index in [9.17, 15) is 2.74 Å². The molecule has 0 atom stereocenters. The van der Waals surface area contributed by atoms with Crippen molar-refractivity contribution >= 4 is 53.4 Å². The van der Waals surface area contributed by atoms with Gasteiger partial charge in [-0.2, -0.15) is 0 Å². The van der Waals surface area contributed by atoms with Gasteiger partial charge in [-0.25, -0.2) is 15.0 Å². The summed E-state index contributed by atoms with van der Waals surface area (Å²) in [6.07, 6.45) is 0. The minimum atomic E-state index is -0.661. The molecule has 0 aliphatic rings. The first-order valence-electron chi connectivity index (χ1n) is 21.2. The molecule has 3 aromatic heterocycles. The molecule has 0 bridgehead atoms. The van der Waals surface area contributed by atoms with Crippen molar-refractivity contribution < 1.29 is 19.5 Å². The largest absolute Gasteiger partial charge is 0.456 e. The zero-order valence-electron chi connectivity index (χ0n) is 36.9. The van der Waals surface area contributed by atoms with Gasteiger partial charge in [-0.15, -0.1) is 11.3 Å².